The molecule has 0 aromatic carbocycles. The molecule has 0 amide bonds. The highest BCUT2D eigenvalue weighted by atomic mass is 32.1. The average Bonchev–Trinajstić information content (AvgIpc) is 2.54. The zero-order valence-electron chi connectivity index (χ0n) is 8.03. The fourth-order valence-electron chi connectivity index (χ4n) is 1.14. The summed E-state index contributed by atoms with van der Waals surface area (Å²) in [7, 11) is 0. The van der Waals surface area contributed by atoms with Crippen molar-refractivity contribution in [3.05, 3.63) is 4.77 Å². The Morgan fingerprint density at radius 1 is 1.46 bits per heavy atom. The number of hydrogen-bond acceptors (Lipinski definition) is 4. The summed E-state index contributed by atoms with van der Waals surface area (Å²) in [6.45, 7) is 8.22. The minimum atomic E-state index is 0.521. The Morgan fingerprint density at radius 3 is 2.62 bits per heavy atom. The molecule has 1 aromatic rings. The van der Waals surface area contributed by atoms with Gasteiger partial charge in [-0.15, -0.1) is 0 Å². The lowest BCUT2D eigenvalue weighted by Gasteiger charge is -2.17. The summed E-state index contributed by atoms with van der Waals surface area (Å²) in [6.07, 6.45) is 0. The molecule has 0 aliphatic rings. The number of aromatic nitrogens is 4. The van der Waals surface area contributed by atoms with Crippen molar-refractivity contribution in [2.24, 2.45) is 0 Å². The number of nitrogens with zero attached hydrogens (tertiary/aromatic N) is 4. The minimum Gasteiger partial charge on any atom is -0.302 e. The second-order valence-corrected chi connectivity index (χ2v) is 3.13. The third-order valence-corrected chi connectivity index (χ3v) is 2.37. The van der Waals surface area contributed by atoms with Crippen LogP contribution >= 0.6 is 12.2 Å². The Bertz CT molecular complexity index is 287. The van der Waals surface area contributed by atoms with Crippen molar-refractivity contribution in [3.8, 4) is 0 Å². The Labute approximate surface area is 82.7 Å². The zero-order chi connectivity index (χ0) is 9.68. The van der Waals surface area contributed by atoms with Crippen LogP contribution in [0, 0.1) is 4.77 Å². The molecule has 0 fully saturated rings. The van der Waals surface area contributed by atoms with E-state index < -0.39 is 0 Å². The summed E-state index contributed by atoms with van der Waals surface area (Å²) < 4.78 is 2.29. The molecule has 0 radical (unpaired) electrons. The van der Waals surface area contributed by atoms with Gasteiger partial charge >= 0.3 is 0 Å². The van der Waals surface area contributed by atoms with Crippen LogP contribution in [0.25, 0.3) is 0 Å². The van der Waals surface area contributed by atoms with E-state index in [0.29, 0.717) is 4.77 Å². The smallest absolute Gasteiger partial charge is 0.238 e. The lowest BCUT2D eigenvalue weighted by atomic mass is 10.5. The van der Waals surface area contributed by atoms with Crippen LogP contribution in [0.1, 0.15) is 13.8 Å². The van der Waals surface area contributed by atoms with Crippen LogP contribution in [0.5, 0.6) is 0 Å². The van der Waals surface area contributed by atoms with E-state index >= 15 is 0 Å². The molecular weight excluding hydrogens is 186 g/mol. The van der Waals surface area contributed by atoms with Gasteiger partial charge in [-0.3, -0.25) is 0 Å². The molecule has 1 N–H and O–H groups in total. The topological polar surface area (TPSA) is 49.7 Å². The summed E-state index contributed by atoms with van der Waals surface area (Å²) in [4.78, 5) is 2.32. The monoisotopic (exact) mass is 201 g/mol. The molecule has 74 valence electrons. The van der Waals surface area contributed by atoms with Crippen LogP contribution < -0.4 is 0 Å². The van der Waals surface area contributed by atoms with Crippen molar-refractivity contribution in [3.63, 3.8) is 0 Å². The largest absolute Gasteiger partial charge is 0.302 e. The first-order chi connectivity index (χ1) is 6.27. The van der Waals surface area contributed by atoms with E-state index in [-0.39, 0.29) is 0 Å². The fourth-order valence-corrected chi connectivity index (χ4v) is 1.32. The van der Waals surface area contributed by atoms with Crippen molar-refractivity contribution < 1.29 is 0 Å². The molecular formula is C7H15N5S. The van der Waals surface area contributed by atoms with Gasteiger partial charge in [0, 0.05) is 6.54 Å². The molecule has 0 saturated heterocycles. The summed E-state index contributed by atoms with van der Waals surface area (Å²) in [5.41, 5.74) is 0. The van der Waals surface area contributed by atoms with Gasteiger partial charge in [0.25, 0.3) is 0 Å². The third kappa shape index (κ3) is 2.89. The van der Waals surface area contributed by atoms with Crippen molar-refractivity contribution in [1.29, 1.82) is 0 Å². The lowest BCUT2D eigenvalue weighted by Crippen LogP contribution is -2.27. The third-order valence-electron chi connectivity index (χ3n) is 2.07. The van der Waals surface area contributed by atoms with Gasteiger partial charge in [0.05, 0.1) is 6.54 Å². The standard InChI is InChI=1S/C7H15N5S/c1-3-11(4-2)5-6-12-7(13)8-9-10-12/h3-6H2,1-2H3,(H,8,10,13). The van der Waals surface area contributed by atoms with E-state index in [4.69, 9.17) is 12.2 Å². The van der Waals surface area contributed by atoms with Crippen LogP contribution in [0.3, 0.4) is 0 Å². The molecule has 1 heterocycles. The molecule has 0 atom stereocenters. The number of nitrogens with one attached hydrogen (secondary N) is 1. The Morgan fingerprint density at radius 2 is 2.15 bits per heavy atom. The number of tetrazole rings is 1. The summed E-state index contributed by atoms with van der Waals surface area (Å²) in [6, 6.07) is 0. The molecule has 0 unspecified atom stereocenters. The Kier molecular flexibility index (Phi) is 4.04. The average molecular weight is 201 g/mol. The quantitative estimate of drug-likeness (QED) is 0.712. The van der Waals surface area contributed by atoms with Crippen LogP contribution in [-0.4, -0.2) is 44.7 Å². The predicted molar refractivity (Wildman–Crippen MR) is 53.0 cm³/mol. The summed E-state index contributed by atoms with van der Waals surface area (Å²) >= 11 is 4.95. The predicted octanol–water partition coefficient (Wildman–Crippen LogP) is 0.677. The highest BCUT2D eigenvalue weighted by Crippen LogP contribution is 1.89. The maximum absolute atomic E-state index is 4.95. The van der Waals surface area contributed by atoms with E-state index in [2.05, 4.69) is 34.3 Å². The van der Waals surface area contributed by atoms with Crippen molar-refractivity contribution in [1.82, 2.24) is 25.1 Å². The number of rotatable bonds is 5. The summed E-state index contributed by atoms with van der Waals surface area (Å²) in [5.74, 6) is 0. The van der Waals surface area contributed by atoms with Gasteiger partial charge in [0.1, 0.15) is 0 Å². The number of hydrogen-bond donors (Lipinski definition) is 1. The first kappa shape index (κ1) is 10.3. The van der Waals surface area contributed by atoms with Gasteiger partial charge in [-0.05, 0) is 25.3 Å². The molecule has 0 aliphatic heterocycles. The molecule has 0 spiro atoms. The molecule has 5 nitrogen and oxygen atoms in total. The van der Waals surface area contributed by atoms with E-state index in [1.807, 2.05) is 0 Å². The molecule has 13 heavy (non-hydrogen) atoms. The van der Waals surface area contributed by atoms with Crippen LogP contribution in [0.15, 0.2) is 0 Å². The highest BCUT2D eigenvalue weighted by Gasteiger charge is 2.00. The molecule has 0 saturated carbocycles. The minimum absolute atomic E-state index is 0.521. The van der Waals surface area contributed by atoms with Crippen LogP contribution in [0.4, 0.5) is 0 Å². The second kappa shape index (κ2) is 5.08. The first-order valence-electron chi connectivity index (χ1n) is 4.48. The fraction of sp³-hybridized carbons (Fsp3) is 0.857. The highest BCUT2D eigenvalue weighted by molar-refractivity contribution is 7.71. The zero-order valence-corrected chi connectivity index (χ0v) is 8.84. The molecule has 0 bridgehead atoms. The number of aromatic amines is 1. The van der Waals surface area contributed by atoms with Crippen molar-refractivity contribution in [2.45, 2.75) is 20.4 Å². The SMILES string of the molecule is CCN(CC)CCn1[nH]nnc1=S. The Balaban J connectivity index is 2.43. The molecule has 1 aromatic heterocycles. The molecule has 1 rings (SSSR count). The second-order valence-electron chi connectivity index (χ2n) is 2.76. The normalized spacial score (nSPS) is 11.0. The summed E-state index contributed by atoms with van der Waals surface area (Å²) in [5, 5.41) is 10.1. The van der Waals surface area contributed by atoms with E-state index in [0.717, 1.165) is 26.2 Å². The molecule has 6 heteroatoms. The van der Waals surface area contributed by atoms with Crippen LogP contribution in [-0.2, 0) is 6.54 Å². The van der Waals surface area contributed by atoms with Gasteiger partial charge in [-0.1, -0.05) is 24.2 Å². The maximum atomic E-state index is 4.95. The van der Waals surface area contributed by atoms with Gasteiger partial charge < -0.3 is 4.90 Å². The molecule has 0 aliphatic carbocycles. The van der Waals surface area contributed by atoms with Crippen molar-refractivity contribution in [2.75, 3.05) is 19.6 Å². The Hall–Kier alpha value is -0.750. The van der Waals surface area contributed by atoms with Crippen LogP contribution in [0.2, 0.25) is 0 Å². The van der Waals surface area contributed by atoms with Crippen molar-refractivity contribution >= 4 is 12.2 Å². The van der Waals surface area contributed by atoms with E-state index in [9.17, 15) is 0 Å². The van der Waals surface area contributed by atoms with E-state index in [1.165, 1.54) is 0 Å². The maximum Gasteiger partial charge on any atom is 0.238 e. The van der Waals surface area contributed by atoms with Gasteiger partial charge in [0.2, 0.25) is 4.77 Å². The van der Waals surface area contributed by atoms with E-state index in [1.54, 1.807) is 4.68 Å². The van der Waals surface area contributed by atoms with Gasteiger partial charge in [-0.2, -0.15) is 5.21 Å². The first-order valence-corrected chi connectivity index (χ1v) is 4.89. The van der Waals surface area contributed by atoms with Gasteiger partial charge in [-0.25, -0.2) is 4.68 Å². The number of likely N-dealkylation sites (N-methyl/N-ethyl adjacent to an activating group) is 1. The number of H-pyrrole nitrogens is 1. The van der Waals surface area contributed by atoms with Gasteiger partial charge in [0.15, 0.2) is 0 Å². The lowest BCUT2D eigenvalue weighted by molar-refractivity contribution is 0.283.